The van der Waals surface area contributed by atoms with Crippen LogP contribution in [-0.4, -0.2) is 29.6 Å². The second kappa shape index (κ2) is 4.02. The van der Waals surface area contributed by atoms with E-state index in [9.17, 15) is 4.79 Å². The lowest BCUT2D eigenvalue weighted by atomic mass is 10.3. The number of aromatic nitrogens is 6. The van der Waals surface area contributed by atoms with Gasteiger partial charge >= 0.3 is 0 Å². The zero-order chi connectivity index (χ0) is 12.5. The summed E-state index contributed by atoms with van der Waals surface area (Å²) in [6, 6.07) is 5.38. The van der Waals surface area contributed by atoms with Gasteiger partial charge in [-0.3, -0.25) is 9.20 Å². The molecule has 7 heteroatoms. The number of nitrogens with zero attached hydrogens (tertiary/aromatic N) is 6. The molecule has 0 aliphatic rings. The SMILES string of the molecule is CCn1nnnc1-c1cnc2ccccn2c1=O. The monoisotopic (exact) mass is 242 g/mol. The highest BCUT2D eigenvalue weighted by atomic mass is 16.1. The van der Waals surface area contributed by atoms with Crippen molar-refractivity contribution in [2.45, 2.75) is 13.5 Å². The molecule has 0 aromatic carbocycles. The van der Waals surface area contributed by atoms with Crippen molar-refractivity contribution in [1.29, 1.82) is 0 Å². The summed E-state index contributed by atoms with van der Waals surface area (Å²) >= 11 is 0. The first kappa shape index (κ1) is 10.6. The summed E-state index contributed by atoms with van der Waals surface area (Å²) in [7, 11) is 0. The highest BCUT2D eigenvalue weighted by Gasteiger charge is 2.13. The predicted octanol–water partition coefficient (Wildman–Crippen LogP) is 0.368. The Morgan fingerprint density at radius 3 is 3.06 bits per heavy atom. The smallest absolute Gasteiger partial charge is 0.268 e. The lowest BCUT2D eigenvalue weighted by Gasteiger charge is -2.03. The molecule has 0 aliphatic heterocycles. The first-order chi connectivity index (χ1) is 8.81. The Kier molecular flexibility index (Phi) is 2.36. The van der Waals surface area contributed by atoms with Gasteiger partial charge in [-0.2, -0.15) is 0 Å². The summed E-state index contributed by atoms with van der Waals surface area (Å²) < 4.78 is 3.04. The van der Waals surface area contributed by atoms with Crippen molar-refractivity contribution in [3.63, 3.8) is 0 Å². The number of hydrogen-bond acceptors (Lipinski definition) is 5. The van der Waals surface area contributed by atoms with Crippen LogP contribution in [0, 0.1) is 0 Å². The molecule has 0 radical (unpaired) electrons. The van der Waals surface area contributed by atoms with E-state index in [0.717, 1.165) is 0 Å². The minimum Gasteiger partial charge on any atom is -0.268 e. The van der Waals surface area contributed by atoms with Gasteiger partial charge in [0.15, 0.2) is 5.82 Å². The van der Waals surface area contributed by atoms with E-state index in [0.29, 0.717) is 23.6 Å². The number of fused-ring (bicyclic) bond motifs is 1. The maximum atomic E-state index is 12.3. The van der Waals surface area contributed by atoms with E-state index in [-0.39, 0.29) is 5.56 Å². The first-order valence-electron chi connectivity index (χ1n) is 5.54. The van der Waals surface area contributed by atoms with Gasteiger partial charge in [0.05, 0.1) is 0 Å². The predicted molar refractivity (Wildman–Crippen MR) is 63.9 cm³/mol. The molecule has 7 nitrogen and oxygen atoms in total. The van der Waals surface area contributed by atoms with Crippen LogP contribution < -0.4 is 5.56 Å². The molecule has 3 aromatic heterocycles. The lowest BCUT2D eigenvalue weighted by molar-refractivity contribution is 0.630. The van der Waals surface area contributed by atoms with Crippen molar-refractivity contribution in [1.82, 2.24) is 29.6 Å². The van der Waals surface area contributed by atoms with Gasteiger partial charge < -0.3 is 0 Å². The minimum absolute atomic E-state index is 0.176. The number of tetrazole rings is 1. The molecule has 3 heterocycles. The van der Waals surface area contributed by atoms with Crippen LogP contribution in [0.4, 0.5) is 0 Å². The Hall–Kier alpha value is -2.57. The summed E-state index contributed by atoms with van der Waals surface area (Å²) in [4.78, 5) is 16.5. The lowest BCUT2D eigenvalue weighted by Crippen LogP contribution is -2.18. The Morgan fingerprint density at radius 1 is 1.33 bits per heavy atom. The van der Waals surface area contributed by atoms with Crippen molar-refractivity contribution in [3.8, 4) is 11.4 Å². The van der Waals surface area contributed by atoms with Crippen LogP contribution in [0.1, 0.15) is 6.92 Å². The normalized spacial score (nSPS) is 10.9. The summed E-state index contributed by atoms with van der Waals surface area (Å²) in [5.74, 6) is 0.438. The molecule has 90 valence electrons. The topological polar surface area (TPSA) is 78.0 Å². The van der Waals surface area contributed by atoms with Crippen LogP contribution in [-0.2, 0) is 6.54 Å². The summed E-state index contributed by atoms with van der Waals surface area (Å²) in [6.07, 6.45) is 3.18. The van der Waals surface area contributed by atoms with Crippen LogP contribution in [0.2, 0.25) is 0 Å². The standard InChI is InChI=1S/C11H10N6O/c1-2-17-10(13-14-15-17)8-7-12-9-5-3-4-6-16(9)11(8)18/h3-7H,2H2,1H3. The van der Waals surface area contributed by atoms with Crippen molar-refractivity contribution >= 4 is 5.65 Å². The van der Waals surface area contributed by atoms with E-state index in [1.54, 1.807) is 23.0 Å². The van der Waals surface area contributed by atoms with E-state index in [1.807, 2.05) is 13.0 Å². The first-order valence-corrected chi connectivity index (χ1v) is 5.54. The second-order valence-corrected chi connectivity index (χ2v) is 3.72. The molecule has 0 fully saturated rings. The van der Waals surface area contributed by atoms with Gasteiger partial charge in [0, 0.05) is 18.9 Å². The molecule has 3 rings (SSSR count). The van der Waals surface area contributed by atoms with Gasteiger partial charge in [-0.05, 0) is 29.5 Å². The van der Waals surface area contributed by atoms with Gasteiger partial charge in [0.25, 0.3) is 5.56 Å². The molecule has 0 N–H and O–H groups in total. The van der Waals surface area contributed by atoms with Crippen molar-refractivity contribution in [2.24, 2.45) is 0 Å². The molecule has 0 saturated heterocycles. The number of pyridine rings is 1. The largest absolute Gasteiger partial charge is 0.269 e. The average molecular weight is 242 g/mol. The Balaban J connectivity index is 2.31. The number of aryl methyl sites for hydroxylation is 1. The van der Waals surface area contributed by atoms with Gasteiger partial charge in [0.1, 0.15) is 11.2 Å². The van der Waals surface area contributed by atoms with Gasteiger partial charge in [-0.15, -0.1) is 5.10 Å². The van der Waals surface area contributed by atoms with Gasteiger partial charge in [-0.25, -0.2) is 9.67 Å². The molecule has 0 aliphatic carbocycles. The van der Waals surface area contributed by atoms with Crippen molar-refractivity contribution in [2.75, 3.05) is 0 Å². The molecule has 3 aromatic rings. The van der Waals surface area contributed by atoms with Crippen LogP contribution in [0.3, 0.4) is 0 Å². The summed E-state index contributed by atoms with van der Waals surface area (Å²) in [5, 5.41) is 11.3. The zero-order valence-corrected chi connectivity index (χ0v) is 9.69. The van der Waals surface area contributed by atoms with E-state index < -0.39 is 0 Å². The van der Waals surface area contributed by atoms with E-state index in [1.165, 1.54) is 10.6 Å². The molecule has 0 bridgehead atoms. The van der Waals surface area contributed by atoms with Crippen LogP contribution in [0.15, 0.2) is 35.4 Å². The molecule has 0 amide bonds. The van der Waals surface area contributed by atoms with E-state index in [4.69, 9.17) is 0 Å². The fourth-order valence-electron chi connectivity index (χ4n) is 1.79. The molecular formula is C11H10N6O. The van der Waals surface area contributed by atoms with Crippen LogP contribution >= 0.6 is 0 Å². The maximum absolute atomic E-state index is 12.3. The van der Waals surface area contributed by atoms with E-state index >= 15 is 0 Å². The Labute approximate surface area is 102 Å². The second-order valence-electron chi connectivity index (χ2n) is 3.72. The highest BCUT2D eigenvalue weighted by Crippen LogP contribution is 2.10. The van der Waals surface area contributed by atoms with Gasteiger partial charge in [0.2, 0.25) is 0 Å². The molecule has 0 saturated carbocycles. The molecular weight excluding hydrogens is 232 g/mol. The fourth-order valence-corrected chi connectivity index (χ4v) is 1.79. The Bertz CT molecular complexity index is 759. The van der Waals surface area contributed by atoms with Crippen molar-refractivity contribution in [3.05, 3.63) is 40.9 Å². The zero-order valence-electron chi connectivity index (χ0n) is 9.69. The number of hydrogen-bond donors (Lipinski definition) is 0. The average Bonchev–Trinajstić information content (AvgIpc) is 2.88. The summed E-state index contributed by atoms with van der Waals surface area (Å²) in [5.41, 5.74) is 0.817. The van der Waals surface area contributed by atoms with Crippen LogP contribution in [0.25, 0.3) is 17.0 Å². The summed E-state index contributed by atoms with van der Waals surface area (Å²) in [6.45, 7) is 2.51. The highest BCUT2D eigenvalue weighted by molar-refractivity contribution is 5.54. The van der Waals surface area contributed by atoms with Gasteiger partial charge in [-0.1, -0.05) is 6.07 Å². The quantitative estimate of drug-likeness (QED) is 0.648. The third-order valence-corrected chi connectivity index (χ3v) is 2.69. The molecule has 0 spiro atoms. The van der Waals surface area contributed by atoms with E-state index in [2.05, 4.69) is 20.5 Å². The Morgan fingerprint density at radius 2 is 2.22 bits per heavy atom. The third kappa shape index (κ3) is 1.48. The number of rotatable bonds is 2. The third-order valence-electron chi connectivity index (χ3n) is 2.69. The molecule has 18 heavy (non-hydrogen) atoms. The maximum Gasteiger partial charge on any atom is 0.269 e. The van der Waals surface area contributed by atoms with Crippen molar-refractivity contribution < 1.29 is 0 Å². The molecule has 0 atom stereocenters. The minimum atomic E-state index is -0.176. The molecule has 0 unspecified atom stereocenters. The van der Waals surface area contributed by atoms with Crippen LogP contribution in [0.5, 0.6) is 0 Å². The fraction of sp³-hybridized carbons (Fsp3) is 0.182.